The monoisotopic (exact) mass is 455 g/mol. The fourth-order valence-electron chi connectivity index (χ4n) is 1.42. The van der Waals surface area contributed by atoms with Gasteiger partial charge in [0.1, 0.15) is 11.4 Å². The summed E-state index contributed by atoms with van der Waals surface area (Å²) in [5.41, 5.74) is 0.225. The van der Waals surface area contributed by atoms with Crippen LogP contribution in [-0.4, -0.2) is 33.3 Å². The van der Waals surface area contributed by atoms with Gasteiger partial charge in [-0.25, -0.2) is 9.59 Å². The number of ether oxygens (including phenoxy) is 3. The van der Waals surface area contributed by atoms with Gasteiger partial charge < -0.3 is 19.5 Å². The van der Waals surface area contributed by atoms with Crippen molar-refractivity contribution in [2.75, 3.05) is 26.6 Å². The van der Waals surface area contributed by atoms with Gasteiger partial charge in [0, 0.05) is 4.47 Å². The van der Waals surface area contributed by atoms with Crippen LogP contribution >= 0.6 is 43.5 Å². The Morgan fingerprint density at radius 3 is 2.36 bits per heavy atom. The minimum Gasteiger partial charge on any atom is -0.494 e. The SMILES string of the molecule is COC(=O)/C=C(/Nc1c(OC)cc(Br)c(Cl)c1Br)C(=O)OC. The van der Waals surface area contributed by atoms with E-state index < -0.39 is 11.9 Å². The lowest BCUT2D eigenvalue weighted by molar-refractivity contribution is -0.138. The highest BCUT2D eigenvalue weighted by molar-refractivity contribution is 9.11. The van der Waals surface area contributed by atoms with Crippen LogP contribution in [0.2, 0.25) is 5.02 Å². The molecule has 9 heteroatoms. The van der Waals surface area contributed by atoms with Gasteiger partial charge in [-0.15, -0.1) is 0 Å². The summed E-state index contributed by atoms with van der Waals surface area (Å²) in [6.45, 7) is 0. The summed E-state index contributed by atoms with van der Waals surface area (Å²) in [7, 11) is 3.84. The maximum atomic E-state index is 11.8. The van der Waals surface area contributed by atoms with E-state index >= 15 is 0 Å². The lowest BCUT2D eigenvalue weighted by atomic mass is 10.2. The molecule has 120 valence electrons. The van der Waals surface area contributed by atoms with Crippen LogP contribution in [-0.2, 0) is 19.1 Å². The largest absolute Gasteiger partial charge is 0.494 e. The second-order valence-electron chi connectivity index (χ2n) is 3.76. The van der Waals surface area contributed by atoms with E-state index in [-0.39, 0.29) is 5.70 Å². The number of hydrogen-bond donors (Lipinski definition) is 1. The zero-order valence-corrected chi connectivity index (χ0v) is 15.8. The normalized spacial score (nSPS) is 10.9. The molecule has 1 rings (SSSR count). The van der Waals surface area contributed by atoms with Gasteiger partial charge in [-0.3, -0.25) is 0 Å². The predicted molar refractivity (Wildman–Crippen MR) is 89.1 cm³/mol. The molecule has 0 radical (unpaired) electrons. The standard InChI is InChI=1S/C13H12Br2ClNO5/c1-20-8-4-6(14)11(16)10(15)12(8)17-7(13(19)22-3)5-9(18)21-2/h4-5,17H,1-3H3/b7-5+. The third kappa shape index (κ3) is 4.37. The van der Waals surface area contributed by atoms with Gasteiger partial charge in [-0.1, -0.05) is 11.6 Å². The minimum absolute atomic E-state index is 0.133. The van der Waals surface area contributed by atoms with Crippen LogP contribution in [0.4, 0.5) is 5.69 Å². The van der Waals surface area contributed by atoms with E-state index in [1.807, 2.05) is 0 Å². The first-order chi connectivity index (χ1) is 10.3. The first-order valence-electron chi connectivity index (χ1n) is 5.72. The van der Waals surface area contributed by atoms with Crippen LogP contribution in [0.5, 0.6) is 5.75 Å². The fourth-order valence-corrected chi connectivity index (χ4v) is 2.75. The lowest BCUT2D eigenvalue weighted by Gasteiger charge is -2.16. The van der Waals surface area contributed by atoms with E-state index in [0.717, 1.165) is 6.08 Å². The number of methoxy groups -OCH3 is 3. The Bertz CT molecular complexity index is 633. The molecule has 1 N–H and O–H groups in total. The summed E-state index contributed by atoms with van der Waals surface area (Å²) in [5, 5.41) is 3.13. The van der Waals surface area contributed by atoms with Crippen molar-refractivity contribution in [3.05, 3.63) is 31.8 Å². The molecular weight excluding hydrogens is 445 g/mol. The van der Waals surface area contributed by atoms with Crippen molar-refractivity contribution in [1.29, 1.82) is 0 Å². The Balaban J connectivity index is 3.35. The van der Waals surface area contributed by atoms with Gasteiger partial charge >= 0.3 is 11.9 Å². The van der Waals surface area contributed by atoms with E-state index in [1.54, 1.807) is 6.07 Å². The zero-order valence-electron chi connectivity index (χ0n) is 11.8. The molecule has 0 aromatic heterocycles. The van der Waals surface area contributed by atoms with E-state index in [9.17, 15) is 9.59 Å². The molecule has 0 fully saturated rings. The first kappa shape index (κ1) is 18.8. The van der Waals surface area contributed by atoms with Crippen LogP contribution in [0.25, 0.3) is 0 Å². The van der Waals surface area contributed by atoms with E-state index in [4.69, 9.17) is 16.3 Å². The third-order valence-corrected chi connectivity index (χ3v) is 4.74. The molecule has 0 spiro atoms. The molecule has 0 atom stereocenters. The van der Waals surface area contributed by atoms with Crippen LogP contribution in [0.1, 0.15) is 0 Å². The van der Waals surface area contributed by atoms with E-state index in [0.29, 0.717) is 25.4 Å². The Kier molecular flexibility index (Phi) is 7.18. The lowest BCUT2D eigenvalue weighted by Crippen LogP contribution is -2.16. The van der Waals surface area contributed by atoms with Crippen LogP contribution in [0.15, 0.2) is 26.8 Å². The number of hydrogen-bond acceptors (Lipinski definition) is 6. The highest BCUT2D eigenvalue weighted by Crippen LogP contribution is 2.43. The molecule has 0 heterocycles. The molecule has 1 aromatic rings. The fraction of sp³-hybridized carbons (Fsp3) is 0.231. The van der Waals surface area contributed by atoms with Crippen LogP contribution in [0.3, 0.4) is 0 Å². The molecule has 0 aliphatic heterocycles. The van der Waals surface area contributed by atoms with Gasteiger partial charge in [0.2, 0.25) is 0 Å². The molecule has 0 saturated heterocycles. The predicted octanol–water partition coefficient (Wildman–Crippen LogP) is 3.52. The molecule has 0 aliphatic rings. The first-order valence-corrected chi connectivity index (χ1v) is 7.68. The van der Waals surface area contributed by atoms with Gasteiger partial charge in [0.15, 0.2) is 0 Å². The maximum absolute atomic E-state index is 11.8. The summed E-state index contributed by atoms with van der Waals surface area (Å²) in [6.07, 6.45) is 0.966. The van der Waals surface area contributed by atoms with Gasteiger partial charge in [-0.05, 0) is 37.9 Å². The van der Waals surface area contributed by atoms with Crippen molar-refractivity contribution in [1.82, 2.24) is 0 Å². The smallest absolute Gasteiger partial charge is 0.354 e. The molecule has 0 unspecified atom stereocenters. The van der Waals surface area contributed by atoms with Crippen LogP contribution < -0.4 is 10.1 Å². The number of rotatable bonds is 5. The van der Waals surface area contributed by atoms with Gasteiger partial charge in [0.25, 0.3) is 0 Å². The Morgan fingerprint density at radius 1 is 1.23 bits per heavy atom. The number of nitrogens with one attached hydrogen (secondary N) is 1. The summed E-state index contributed by atoms with van der Waals surface area (Å²) < 4.78 is 15.4. The summed E-state index contributed by atoms with van der Waals surface area (Å²) in [5.74, 6) is -1.08. The number of esters is 2. The molecule has 0 bridgehead atoms. The Labute approximate surface area is 149 Å². The highest BCUT2D eigenvalue weighted by Gasteiger charge is 2.20. The number of anilines is 1. The van der Waals surface area contributed by atoms with Crippen molar-refractivity contribution >= 4 is 61.1 Å². The summed E-state index contributed by atoms with van der Waals surface area (Å²) >= 11 is 12.7. The van der Waals surface area contributed by atoms with Crippen molar-refractivity contribution in [3.8, 4) is 5.75 Å². The second-order valence-corrected chi connectivity index (χ2v) is 5.79. The average molecular weight is 458 g/mol. The molecular formula is C13H12Br2ClNO5. The minimum atomic E-state index is -0.751. The highest BCUT2D eigenvalue weighted by atomic mass is 79.9. The van der Waals surface area contributed by atoms with Crippen molar-refractivity contribution in [3.63, 3.8) is 0 Å². The number of carbonyl (C=O) groups is 2. The number of halogens is 3. The van der Waals surface area contributed by atoms with E-state index in [2.05, 4.69) is 46.7 Å². The molecule has 0 amide bonds. The maximum Gasteiger partial charge on any atom is 0.354 e. The average Bonchev–Trinajstić information content (AvgIpc) is 2.52. The van der Waals surface area contributed by atoms with Crippen LogP contribution in [0, 0.1) is 0 Å². The second kappa shape index (κ2) is 8.40. The number of benzene rings is 1. The van der Waals surface area contributed by atoms with E-state index in [1.165, 1.54) is 21.3 Å². The quantitative estimate of drug-likeness (QED) is 0.414. The van der Waals surface area contributed by atoms with Crippen molar-refractivity contribution in [2.24, 2.45) is 0 Å². The molecule has 0 saturated carbocycles. The van der Waals surface area contributed by atoms with Crippen molar-refractivity contribution in [2.45, 2.75) is 0 Å². The third-order valence-electron chi connectivity index (χ3n) is 2.47. The molecule has 0 aliphatic carbocycles. The Hall–Kier alpha value is -1.25. The molecule has 6 nitrogen and oxygen atoms in total. The summed E-state index contributed by atoms with van der Waals surface area (Å²) in [4.78, 5) is 23.1. The molecule has 22 heavy (non-hydrogen) atoms. The zero-order chi connectivity index (χ0) is 16.9. The topological polar surface area (TPSA) is 73.9 Å². The van der Waals surface area contributed by atoms with Gasteiger partial charge in [0.05, 0.1) is 42.6 Å². The number of carbonyl (C=O) groups excluding carboxylic acids is 2. The Morgan fingerprint density at radius 2 is 1.86 bits per heavy atom. The van der Waals surface area contributed by atoms with Gasteiger partial charge in [-0.2, -0.15) is 0 Å². The summed E-state index contributed by atoms with van der Waals surface area (Å²) in [6, 6.07) is 1.61. The van der Waals surface area contributed by atoms with Crippen molar-refractivity contribution < 1.29 is 23.8 Å². The molecule has 1 aromatic carbocycles.